The van der Waals surface area contributed by atoms with Crippen molar-refractivity contribution in [3.8, 4) is 11.8 Å². The summed E-state index contributed by atoms with van der Waals surface area (Å²) in [5, 5.41) is 9.04. The lowest BCUT2D eigenvalue weighted by Gasteiger charge is -2.31. The van der Waals surface area contributed by atoms with Crippen molar-refractivity contribution < 1.29 is 14.3 Å². The number of nitrogens with zero attached hydrogens (tertiary/aromatic N) is 2. The van der Waals surface area contributed by atoms with Crippen LogP contribution in [0.25, 0.3) is 0 Å². The summed E-state index contributed by atoms with van der Waals surface area (Å²) in [6.07, 6.45) is 1.46. The van der Waals surface area contributed by atoms with Gasteiger partial charge in [-0.3, -0.25) is 9.59 Å². The number of carbonyl (C=O) groups is 2. The summed E-state index contributed by atoms with van der Waals surface area (Å²) in [4.78, 5) is 24.9. The molecule has 1 aliphatic heterocycles. The van der Waals surface area contributed by atoms with Gasteiger partial charge in [0.1, 0.15) is 5.75 Å². The maximum atomic E-state index is 12.1. The van der Waals surface area contributed by atoms with Gasteiger partial charge < -0.3 is 15.4 Å². The van der Waals surface area contributed by atoms with E-state index in [0.717, 1.165) is 6.42 Å². The molecular formula is C15H16ClN3O3. The summed E-state index contributed by atoms with van der Waals surface area (Å²) in [7, 11) is 0. The van der Waals surface area contributed by atoms with Crippen LogP contribution >= 0.6 is 11.6 Å². The Morgan fingerprint density at radius 3 is 2.91 bits per heavy atom. The first-order valence-corrected chi connectivity index (χ1v) is 7.28. The molecule has 1 atom stereocenters. The third kappa shape index (κ3) is 3.89. The number of halogens is 1. The van der Waals surface area contributed by atoms with Gasteiger partial charge in [0.2, 0.25) is 5.91 Å². The Kier molecular flexibility index (Phi) is 5.23. The molecule has 0 spiro atoms. The Morgan fingerprint density at radius 2 is 2.27 bits per heavy atom. The van der Waals surface area contributed by atoms with Crippen LogP contribution in [-0.4, -0.2) is 36.4 Å². The van der Waals surface area contributed by atoms with E-state index in [2.05, 4.69) is 0 Å². The van der Waals surface area contributed by atoms with Crippen LogP contribution in [0.2, 0.25) is 5.02 Å². The Morgan fingerprint density at radius 1 is 1.50 bits per heavy atom. The lowest BCUT2D eigenvalue weighted by atomic mass is 9.97. The molecule has 1 aliphatic rings. The van der Waals surface area contributed by atoms with E-state index in [9.17, 15) is 9.59 Å². The van der Waals surface area contributed by atoms with E-state index in [-0.39, 0.29) is 29.4 Å². The van der Waals surface area contributed by atoms with Gasteiger partial charge in [0.25, 0.3) is 5.91 Å². The van der Waals surface area contributed by atoms with E-state index >= 15 is 0 Å². The number of nitriles is 1. The molecule has 1 fully saturated rings. The SMILES string of the molecule is N#Cc1ccc(OCC(=O)N2CCC[C@@H](C(N)=O)C2)c(Cl)c1. The average molecular weight is 322 g/mol. The van der Waals surface area contributed by atoms with Gasteiger partial charge in [-0.1, -0.05) is 11.6 Å². The number of primary amides is 1. The molecule has 0 saturated carbocycles. The highest BCUT2D eigenvalue weighted by molar-refractivity contribution is 6.32. The Bertz CT molecular complexity index is 627. The highest BCUT2D eigenvalue weighted by Gasteiger charge is 2.27. The van der Waals surface area contributed by atoms with Gasteiger partial charge in [-0.15, -0.1) is 0 Å². The molecule has 2 N–H and O–H groups in total. The van der Waals surface area contributed by atoms with Gasteiger partial charge in [-0.2, -0.15) is 5.26 Å². The zero-order valence-electron chi connectivity index (χ0n) is 11.9. The molecule has 2 rings (SSSR count). The van der Waals surface area contributed by atoms with Gasteiger partial charge in [0.05, 0.1) is 22.6 Å². The second-order valence-electron chi connectivity index (χ2n) is 5.13. The number of likely N-dealkylation sites (tertiary alicyclic amines) is 1. The molecular weight excluding hydrogens is 306 g/mol. The van der Waals surface area contributed by atoms with Crippen molar-refractivity contribution in [2.24, 2.45) is 11.7 Å². The van der Waals surface area contributed by atoms with Gasteiger partial charge in [-0.25, -0.2) is 0 Å². The molecule has 116 valence electrons. The van der Waals surface area contributed by atoms with Crippen molar-refractivity contribution in [2.45, 2.75) is 12.8 Å². The first kappa shape index (κ1) is 16.1. The number of carbonyl (C=O) groups excluding carboxylic acids is 2. The van der Waals surface area contributed by atoms with Crippen LogP contribution in [0.5, 0.6) is 5.75 Å². The number of hydrogen-bond acceptors (Lipinski definition) is 4. The largest absolute Gasteiger partial charge is 0.482 e. The van der Waals surface area contributed by atoms with Gasteiger partial charge in [0.15, 0.2) is 6.61 Å². The van der Waals surface area contributed by atoms with Gasteiger partial charge in [0, 0.05) is 13.1 Å². The quantitative estimate of drug-likeness (QED) is 0.904. The van der Waals surface area contributed by atoms with E-state index < -0.39 is 0 Å². The molecule has 1 aromatic rings. The monoisotopic (exact) mass is 321 g/mol. The number of nitrogens with two attached hydrogens (primary N) is 1. The zero-order chi connectivity index (χ0) is 16.1. The van der Waals surface area contributed by atoms with Crippen LogP contribution in [0.1, 0.15) is 18.4 Å². The predicted octanol–water partition coefficient (Wildman–Crippen LogP) is 1.31. The van der Waals surface area contributed by atoms with Crippen LogP contribution < -0.4 is 10.5 Å². The maximum absolute atomic E-state index is 12.1. The lowest BCUT2D eigenvalue weighted by Crippen LogP contribution is -2.45. The Labute approximate surface area is 133 Å². The fourth-order valence-electron chi connectivity index (χ4n) is 2.35. The van der Waals surface area contributed by atoms with Crippen molar-refractivity contribution in [2.75, 3.05) is 19.7 Å². The Hall–Kier alpha value is -2.26. The van der Waals surface area contributed by atoms with E-state index in [0.29, 0.717) is 30.8 Å². The van der Waals surface area contributed by atoms with Crippen LogP contribution in [0.3, 0.4) is 0 Å². The fourth-order valence-corrected chi connectivity index (χ4v) is 2.59. The molecule has 7 heteroatoms. The molecule has 1 saturated heterocycles. The molecule has 6 nitrogen and oxygen atoms in total. The highest BCUT2D eigenvalue weighted by atomic mass is 35.5. The molecule has 0 aromatic heterocycles. The second-order valence-corrected chi connectivity index (χ2v) is 5.53. The van der Waals surface area contributed by atoms with Crippen molar-refractivity contribution in [3.63, 3.8) is 0 Å². The van der Waals surface area contributed by atoms with Crippen LogP contribution in [0, 0.1) is 17.2 Å². The first-order valence-electron chi connectivity index (χ1n) is 6.91. The average Bonchev–Trinajstić information content (AvgIpc) is 2.53. The minimum absolute atomic E-state index is 0.170. The number of amides is 2. The van der Waals surface area contributed by atoms with E-state index in [1.165, 1.54) is 6.07 Å². The topological polar surface area (TPSA) is 96.4 Å². The van der Waals surface area contributed by atoms with Crippen LogP contribution in [-0.2, 0) is 9.59 Å². The molecule has 2 amide bonds. The third-order valence-corrected chi connectivity index (χ3v) is 3.88. The number of rotatable bonds is 4. The van der Waals surface area contributed by atoms with Crippen molar-refractivity contribution in [3.05, 3.63) is 28.8 Å². The van der Waals surface area contributed by atoms with Crippen LogP contribution in [0.4, 0.5) is 0 Å². The highest BCUT2D eigenvalue weighted by Crippen LogP contribution is 2.25. The zero-order valence-corrected chi connectivity index (χ0v) is 12.7. The third-order valence-electron chi connectivity index (χ3n) is 3.59. The molecule has 0 unspecified atom stereocenters. The Balaban J connectivity index is 1.92. The fraction of sp³-hybridized carbons (Fsp3) is 0.400. The number of benzene rings is 1. The van der Waals surface area contributed by atoms with E-state index in [1.807, 2.05) is 6.07 Å². The first-order chi connectivity index (χ1) is 10.5. The molecule has 1 aromatic carbocycles. The minimum atomic E-state index is -0.381. The summed E-state index contributed by atoms with van der Waals surface area (Å²) >= 11 is 5.98. The standard InChI is InChI=1S/C15H16ClN3O3/c16-12-6-10(7-17)3-4-13(12)22-9-14(20)19-5-1-2-11(8-19)15(18)21/h3-4,6,11H,1-2,5,8-9H2,(H2,18,21)/t11-/m1/s1. The molecule has 0 aliphatic carbocycles. The number of piperidine rings is 1. The molecule has 1 heterocycles. The summed E-state index contributed by atoms with van der Waals surface area (Å²) in [5.41, 5.74) is 5.71. The number of hydrogen-bond donors (Lipinski definition) is 1. The van der Waals surface area contributed by atoms with Crippen molar-refractivity contribution in [1.82, 2.24) is 4.90 Å². The lowest BCUT2D eigenvalue weighted by molar-refractivity contribution is -0.136. The van der Waals surface area contributed by atoms with Crippen molar-refractivity contribution in [1.29, 1.82) is 5.26 Å². The van der Waals surface area contributed by atoms with Gasteiger partial charge in [-0.05, 0) is 31.0 Å². The van der Waals surface area contributed by atoms with Gasteiger partial charge >= 0.3 is 0 Å². The molecule has 0 radical (unpaired) electrons. The van der Waals surface area contributed by atoms with E-state index in [4.69, 9.17) is 27.3 Å². The predicted molar refractivity (Wildman–Crippen MR) is 80.2 cm³/mol. The molecule has 22 heavy (non-hydrogen) atoms. The maximum Gasteiger partial charge on any atom is 0.260 e. The minimum Gasteiger partial charge on any atom is -0.482 e. The summed E-state index contributed by atoms with van der Waals surface area (Å²) in [5.74, 6) is -0.548. The summed E-state index contributed by atoms with van der Waals surface area (Å²) < 4.78 is 5.40. The van der Waals surface area contributed by atoms with E-state index in [1.54, 1.807) is 17.0 Å². The smallest absolute Gasteiger partial charge is 0.260 e. The summed E-state index contributed by atoms with van der Waals surface area (Å²) in [6.45, 7) is 0.753. The van der Waals surface area contributed by atoms with Crippen LogP contribution in [0.15, 0.2) is 18.2 Å². The van der Waals surface area contributed by atoms with Crippen molar-refractivity contribution >= 4 is 23.4 Å². The normalized spacial score (nSPS) is 17.6. The second kappa shape index (κ2) is 7.14. The molecule has 0 bridgehead atoms. The summed E-state index contributed by atoms with van der Waals surface area (Å²) in [6, 6.07) is 6.56. The number of ether oxygens (including phenoxy) is 1.